The van der Waals surface area contributed by atoms with E-state index >= 15 is 0 Å². The Morgan fingerprint density at radius 3 is 2.24 bits per heavy atom. The normalized spacial score (nSPS) is 18.1. The van der Waals surface area contributed by atoms with E-state index in [0.717, 1.165) is 25.7 Å². The lowest BCUT2D eigenvalue weighted by molar-refractivity contribution is -0.544. The third kappa shape index (κ3) is 3.20. The molecule has 5 heteroatoms. The van der Waals surface area contributed by atoms with Crippen LogP contribution < -0.4 is 10.5 Å². The van der Waals surface area contributed by atoms with Crippen molar-refractivity contribution >= 4 is 15.7 Å². The van der Waals surface area contributed by atoms with Crippen molar-refractivity contribution in [2.45, 2.75) is 43.0 Å². The smallest absolute Gasteiger partial charge is 0.324 e. The maximum atomic E-state index is 12.1. The van der Waals surface area contributed by atoms with E-state index in [1.54, 1.807) is 24.3 Å². The molecule has 0 atom stereocenters. The van der Waals surface area contributed by atoms with Crippen molar-refractivity contribution in [1.82, 2.24) is 0 Å². The summed E-state index contributed by atoms with van der Waals surface area (Å²) in [6.07, 6.45) is 5.49. The molecule has 0 aromatic heterocycles. The van der Waals surface area contributed by atoms with E-state index in [-0.39, 0.29) is 6.04 Å². The number of hydrogen-bond donors (Lipinski definition) is 2. The molecule has 1 aromatic carbocycles. The molecule has 94 valence electrons. The Balaban J connectivity index is 2.10. The Hall–Kier alpha value is -1.07. The van der Waals surface area contributed by atoms with Gasteiger partial charge >= 0.3 is 10.0 Å². The zero-order valence-electron chi connectivity index (χ0n) is 9.80. The summed E-state index contributed by atoms with van der Waals surface area (Å²) in [7, 11) is -3.26. The quantitative estimate of drug-likeness (QED) is 0.786. The zero-order chi connectivity index (χ0) is 12.3. The third-order valence-electron chi connectivity index (χ3n) is 3.23. The Labute approximate surface area is 102 Å². The summed E-state index contributed by atoms with van der Waals surface area (Å²) in [6, 6.07) is 6.61. The summed E-state index contributed by atoms with van der Waals surface area (Å²) in [5.41, 5.74) is 6.13. The van der Waals surface area contributed by atoms with Crippen LogP contribution in [0.5, 0.6) is 0 Å². The van der Waals surface area contributed by atoms with Gasteiger partial charge in [-0.2, -0.15) is 8.42 Å². The van der Waals surface area contributed by atoms with Gasteiger partial charge in [-0.3, -0.25) is 0 Å². The van der Waals surface area contributed by atoms with E-state index in [0.29, 0.717) is 10.6 Å². The number of nitrogens with two attached hydrogens (primary N) is 2. The molecule has 0 aliphatic heterocycles. The van der Waals surface area contributed by atoms with Crippen LogP contribution in [-0.4, -0.2) is 14.5 Å². The van der Waals surface area contributed by atoms with Crippen LogP contribution in [0, 0.1) is 0 Å². The molecule has 1 aliphatic rings. The minimum absolute atomic E-state index is 0.214. The Morgan fingerprint density at radius 2 is 1.65 bits per heavy atom. The lowest BCUT2D eigenvalue weighted by Crippen LogP contribution is -2.92. The van der Waals surface area contributed by atoms with Gasteiger partial charge < -0.3 is 5.73 Å². The van der Waals surface area contributed by atoms with Gasteiger partial charge in [0.05, 0.1) is 0 Å². The topological polar surface area (TPSA) is 76.8 Å². The van der Waals surface area contributed by atoms with Gasteiger partial charge in [0.15, 0.2) is 0 Å². The monoisotopic (exact) mass is 255 g/mol. The Kier molecular flexibility index (Phi) is 3.69. The molecule has 1 aromatic rings. The molecule has 17 heavy (non-hydrogen) atoms. The molecule has 0 bridgehead atoms. The second kappa shape index (κ2) is 5.06. The van der Waals surface area contributed by atoms with Gasteiger partial charge in [0.25, 0.3) is 0 Å². The van der Waals surface area contributed by atoms with E-state index in [1.807, 2.05) is 0 Å². The lowest BCUT2D eigenvalue weighted by Gasteiger charge is -2.19. The first kappa shape index (κ1) is 12.4. The summed E-state index contributed by atoms with van der Waals surface area (Å²) in [6.45, 7) is 0. The second-order valence-electron chi connectivity index (χ2n) is 4.65. The van der Waals surface area contributed by atoms with E-state index in [1.165, 1.54) is 11.1 Å². The molecule has 0 heterocycles. The zero-order valence-corrected chi connectivity index (χ0v) is 10.6. The van der Waals surface area contributed by atoms with Crippen LogP contribution in [0.25, 0.3) is 0 Å². The van der Waals surface area contributed by atoms with Crippen molar-refractivity contribution in [3.63, 3.8) is 0 Å². The fraction of sp³-hybridized carbons (Fsp3) is 0.500. The summed E-state index contributed by atoms with van der Waals surface area (Å²) in [5.74, 6) is 0. The molecule has 0 spiro atoms. The number of quaternary nitrogens is 1. The van der Waals surface area contributed by atoms with Gasteiger partial charge in [0.2, 0.25) is 0 Å². The van der Waals surface area contributed by atoms with Gasteiger partial charge in [-0.25, -0.2) is 4.72 Å². The third-order valence-corrected chi connectivity index (χ3v) is 4.90. The molecular weight excluding hydrogens is 236 g/mol. The predicted molar refractivity (Wildman–Crippen MR) is 66.8 cm³/mol. The van der Waals surface area contributed by atoms with Crippen molar-refractivity contribution in [2.75, 3.05) is 5.73 Å². The highest BCUT2D eigenvalue weighted by Crippen LogP contribution is 2.16. The SMILES string of the molecule is Nc1ccc(S(=O)(=O)[NH2+]C2CCCCC2)cc1. The highest BCUT2D eigenvalue weighted by molar-refractivity contribution is 7.84. The maximum absolute atomic E-state index is 12.1. The van der Waals surface area contributed by atoms with E-state index in [4.69, 9.17) is 5.73 Å². The van der Waals surface area contributed by atoms with Gasteiger partial charge in [-0.1, -0.05) is 6.42 Å². The largest absolute Gasteiger partial charge is 0.399 e. The summed E-state index contributed by atoms with van der Waals surface area (Å²) < 4.78 is 25.8. The molecule has 0 amide bonds. The number of hydrogen-bond acceptors (Lipinski definition) is 3. The van der Waals surface area contributed by atoms with Crippen LogP contribution in [0.4, 0.5) is 5.69 Å². The van der Waals surface area contributed by atoms with Crippen LogP contribution in [0.3, 0.4) is 0 Å². The predicted octanol–water partition coefficient (Wildman–Crippen LogP) is 0.854. The molecule has 2 rings (SSSR count). The summed E-state index contributed by atoms with van der Waals surface area (Å²) in [4.78, 5) is 0.345. The maximum Gasteiger partial charge on any atom is 0.324 e. The van der Waals surface area contributed by atoms with Crippen molar-refractivity contribution < 1.29 is 13.1 Å². The highest BCUT2D eigenvalue weighted by atomic mass is 32.2. The fourth-order valence-corrected chi connectivity index (χ4v) is 3.71. The van der Waals surface area contributed by atoms with E-state index in [9.17, 15) is 8.42 Å². The number of sulfonamides is 1. The molecular formula is C12H19N2O2S+. The Bertz CT molecular complexity index is 462. The number of primary sulfonamides is 1. The molecule has 0 radical (unpaired) electrons. The number of rotatable bonds is 3. The molecule has 0 unspecified atom stereocenters. The number of nitrogen functional groups attached to an aromatic ring is 1. The first-order valence-electron chi connectivity index (χ1n) is 6.03. The molecule has 4 nitrogen and oxygen atoms in total. The average Bonchev–Trinajstić information content (AvgIpc) is 2.30. The Morgan fingerprint density at radius 1 is 1.06 bits per heavy atom. The minimum Gasteiger partial charge on any atom is -0.399 e. The van der Waals surface area contributed by atoms with Crippen LogP contribution in [0.15, 0.2) is 29.2 Å². The lowest BCUT2D eigenvalue weighted by atomic mass is 9.96. The standard InChI is InChI=1S/C12H18N2O2S/c13-10-6-8-12(9-7-10)17(15,16)14-11-4-2-1-3-5-11/h6-9,11,14H,1-5,13H2/p+1. The van der Waals surface area contributed by atoms with Crippen LogP contribution in [-0.2, 0) is 10.0 Å². The first-order chi connectivity index (χ1) is 8.08. The molecule has 1 fully saturated rings. The van der Waals surface area contributed by atoms with Gasteiger partial charge in [-0.15, -0.1) is 0 Å². The number of benzene rings is 1. The highest BCUT2D eigenvalue weighted by Gasteiger charge is 2.25. The van der Waals surface area contributed by atoms with Crippen LogP contribution in [0.2, 0.25) is 0 Å². The number of anilines is 1. The fourth-order valence-electron chi connectivity index (χ4n) is 2.26. The molecule has 1 saturated carbocycles. The van der Waals surface area contributed by atoms with Gasteiger partial charge in [0, 0.05) is 18.5 Å². The van der Waals surface area contributed by atoms with E-state index in [2.05, 4.69) is 0 Å². The summed E-state index contributed by atoms with van der Waals surface area (Å²) in [5, 5.41) is 0. The average molecular weight is 255 g/mol. The molecule has 0 saturated heterocycles. The van der Waals surface area contributed by atoms with E-state index < -0.39 is 10.0 Å². The van der Waals surface area contributed by atoms with Crippen molar-refractivity contribution in [1.29, 1.82) is 0 Å². The second-order valence-corrected chi connectivity index (χ2v) is 6.48. The van der Waals surface area contributed by atoms with Crippen molar-refractivity contribution in [2.24, 2.45) is 0 Å². The van der Waals surface area contributed by atoms with Crippen molar-refractivity contribution in [3.05, 3.63) is 24.3 Å². The van der Waals surface area contributed by atoms with Gasteiger partial charge in [0.1, 0.15) is 10.9 Å². The molecule has 1 aliphatic carbocycles. The van der Waals surface area contributed by atoms with Crippen LogP contribution in [0.1, 0.15) is 32.1 Å². The minimum atomic E-state index is -3.26. The first-order valence-corrected chi connectivity index (χ1v) is 7.58. The molecule has 4 N–H and O–H groups in total. The van der Waals surface area contributed by atoms with Crippen molar-refractivity contribution in [3.8, 4) is 0 Å². The van der Waals surface area contributed by atoms with Gasteiger partial charge in [-0.05, 0) is 37.1 Å². The van der Waals surface area contributed by atoms with Crippen LogP contribution >= 0.6 is 0 Å². The summed E-state index contributed by atoms with van der Waals surface area (Å²) >= 11 is 0.